The minimum Gasteiger partial charge on any atom is -0.481 e. The van der Waals surface area contributed by atoms with Crippen LogP contribution in [0.3, 0.4) is 0 Å². The number of β-amino-alcohol motifs (C(OH)–C–C–N with tert-alkyl or cyclic N) is 1. The van der Waals surface area contributed by atoms with Crippen LogP contribution < -0.4 is 0 Å². The second-order valence-electron chi connectivity index (χ2n) is 4.93. The van der Waals surface area contributed by atoms with Crippen molar-refractivity contribution in [1.29, 1.82) is 0 Å². The fourth-order valence-corrected chi connectivity index (χ4v) is 3.52. The Labute approximate surface area is 116 Å². The van der Waals surface area contributed by atoms with E-state index in [0.29, 0.717) is 6.42 Å². The number of hydrogen-bond donors (Lipinski definition) is 2. The van der Waals surface area contributed by atoms with E-state index in [-0.39, 0.29) is 31.0 Å². The molecule has 0 aromatic carbocycles. The lowest BCUT2D eigenvalue weighted by Crippen LogP contribution is -2.62. The van der Waals surface area contributed by atoms with Gasteiger partial charge >= 0.3 is 5.97 Å². The molecule has 1 fully saturated rings. The molecule has 0 unspecified atom stereocenters. The molecule has 112 valence electrons. The molecule has 20 heavy (non-hydrogen) atoms. The predicted molar refractivity (Wildman–Crippen MR) is 68.5 cm³/mol. The lowest BCUT2D eigenvalue weighted by Gasteiger charge is -2.44. The summed E-state index contributed by atoms with van der Waals surface area (Å²) in [4.78, 5) is 10.5. The molecule has 1 saturated heterocycles. The maximum atomic E-state index is 12.2. The number of nitrogens with zero attached hydrogens (tertiary/aromatic N) is 3. The van der Waals surface area contributed by atoms with Gasteiger partial charge in [0.2, 0.25) is 10.0 Å². The number of carboxylic acid groups (broad SMARTS) is 1. The minimum absolute atomic E-state index is 0.0149. The second kappa shape index (κ2) is 5.15. The van der Waals surface area contributed by atoms with E-state index in [0.717, 1.165) is 0 Å². The molecule has 9 heteroatoms. The van der Waals surface area contributed by atoms with Crippen LogP contribution in [0.4, 0.5) is 0 Å². The number of rotatable bonds is 6. The van der Waals surface area contributed by atoms with Gasteiger partial charge < -0.3 is 10.2 Å². The third kappa shape index (κ3) is 2.84. The summed E-state index contributed by atoms with van der Waals surface area (Å²) in [6.07, 6.45) is 2.87. The number of aliphatic hydroxyl groups is 1. The van der Waals surface area contributed by atoms with Crippen LogP contribution in [0.5, 0.6) is 0 Å². The molecule has 8 nitrogen and oxygen atoms in total. The first-order valence-corrected chi connectivity index (χ1v) is 7.68. The average Bonchev–Trinajstić information content (AvgIpc) is 2.81. The molecule has 2 rings (SSSR count). The standard InChI is InChI=1S/C11H17N3O5S/c1-2-11(17)7-14(8-11)20(18,19)9-5-12-13(6-9)4-3-10(15)16/h5-6,17H,2-4,7-8H2,1H3,(H,15,16). The maximum absolute atomic E-state index is 12.2. The second-order valence-corrected chi connectivity index (χ2v) is 6.87. The molecule has 2 N–H and O–H groups in total. The monoisotopic (exact) mass is 303 g/mol. The predicted octanol–water partition coefficient (Wildman–Crippen LogP) is -0.497. The highest BCUT2D eigenvalue weighted by atomic mass is 32.2. The van der Waals surface area contributed by atoms with Crippen LogP contribution in [0.2, 0.25) is 0 Å². The molecule has 0 aliphatic carbocycles. The highest BCUT2D eigenvalue weighted by molar-refractivity contribution is 7.89. The fourth-order valence-electron chi connectivity index (χ4n) is 1.96. The normalized spacial score (nSPS) is 18.7. The molecule has 1 aromatic rings. The Morgan fingerprint density at radius 3 is 2.70 bits per heavy atom. The number of carboxylic acids is 1. The number of aliphatic carboxylic acids is 1. The van der Waals surface area contributed by atoms with Crippen LogP contribution in [0.1, 0.15) is 19.8 Å². The Morgan fingerprint density at radius 2 is 2.15 bits per heavy atom. The zero-order valence-electron chi connectivity index (χ0n) is 11.1. The van der Waals surface area contributed by atoms with Crippen molar-refractivity contribution in [3.05, 3.63) is 12.4 Å². The van der Waals surface area contributed by atoms with Gasteiger partial charge in [-0.2, -0.15) is 9.40 Å². The minimum atomic E-state index is -3.66. The van der Waals surface area contributed by atoms with Gasteiger partial charge in [-0.3, -0.25) is 9.48 Å². The van der Waals surface area contributed by atoms with E-state index >= 15 is 0 Å². The Balaban J connectivity index is 2.06. The van der Waals surface area contributed by atoms with Crippen LogP contribution in [0.25, 0.3) is 0 Å². The molecule has 0 saturated carbocycles. The molecule has 0 bridgehead atoms. The summed E-state index contributed by atoms with van der Waals surface area (Å²) in [6, 6.07) is 0. The summed E-state index contributed by atoms with van der Waals surface area (Å²) >= 11 is 0. The molecule has 0 amide bonds. The first-order valence-electron chi connectivity index (χ1n) is 6.24. The number of aromatic nitrogens is 2. The average molecular weight is 303 g/mol. The van der Waals surface area contributed by atoms with E-state index < -0.39 is 21.6 Å². The van der Waals surface area contributed by atoms with Crippen LogP contribution >= 0.6 is 0 Å². The van der Waals surface area contributed by atoms with Crippen molar-refractivity contribution in [3.8, 4) is 0 Å². The topological polar surface area (TPSA) is 113 Å². The summed E-state index contributed by atoms with van der Waals surface area (Å²) in [5.74, 6) is -0.972. The van der Waals surface area contributed by atoms with Crippen molar-refractivity contribution >= 4 is 16.0 Å². The van der Waals surface area contributed by atoms with Crippen molar-refractivity contribution < 1.29 is 23.4 Å². The Bertz CT molecular complexity index is 603. The molecule has 2 heterocycles. The van der Waals surface area contributed by atoms with Gasteiger partial charge in [0.1, 0.15) is 4.90 Å². The van der Waals surface area contributed by atoms with Gasteiger partial charge in [-0.25, -0.2) is 8.42 Å². The maximum Gasteiger partial charge on any atom is 0.305 e. The first-order chi connectivity index (χ1) is 9.27. The summed E-state index contributed by atoms with van der Waals surface area (Å²) in [5.41, 5.74) is -0.938. The number of carbonyl (C=O) groups is 1. The van der Waals surface area contributed by atoms with Crippen molar-refractivity contribution in [2.45, 2.75) is 36.8 Å². The van der Waals surface area contributed by atoms with Crippen molar-refractivity contribution in [3.63, 3.8) is 0 Å². The lowest BCUT2D eigenvalue weighted by atomic mass is 9.94. The molecule has 1 aliphatic rings. The molecule has 0 radical (unpaired) electrons. The molecule has 1 aromatic heterocycles. The van der Waals surface area contributed by atoms with Crippen LogP contribution in [-0.2, 0) is 21.4 Å². The largest absolute Gasteiger partial charge is 0.481 e. The lowest BCUT2D eigenvalue weighted by molar-refractivity contribution is -0.137. The van der Waals surface area contributed by atoms with Gasteiger partial charge in [0.25, 0.3) is 0 Å². The summed E-state index contributed by atoms with van der Waals surface area (Å²) in [6.45, 7) is 2.07. The molecule has 1 aliphatic heterocycles. The van der Waals surface area contributed by atoms with E-state index in [4.69, 9.17) is 5.11 Å². The Hall–Kier alpha value is -1.45. The van der Waals surface area contributed by atoms with E-state index in [1.165, 1.54) is 21.4 Å². The van der Waals surface area contributed by atoms with Crippen LogP contribution in [0.15, 0.2) is 17.3 Å². The van der Waals surface area contributed by atoms with Crippen molar-refractivity contribution in [1.82, 2.24) is 14.1 Å². The molecule has 0 atom stereocenters. The zero-order valence-corrected chi connectivity index (χ0v) is 11.9. The highest BCUT2D eigenvalue weighted by Crippen LogP contribution is 2.29. The summed E-state index contributed by atoms with van der Waals surface area (Å²) in [5, 5.41) is 22.3. The third-order valence-corrected chi connectivity index (χ3v) is 5.15. The smallest absolute Gasteiger partial charge is 0.305 e. The summed E-state index contributed by atoms with van der Waals surface area (Å²) < 4.78 is 26.9. The van der Waals surface area contributed by atoms with Gasteiger partial charge in [-0.1, -0.05) is 6.92 Å². The van der Waals surface area contributed by atoms with E-state index in [1.807, 2.05) is 0 Å². The van der Waals surface area contributed by atoms with E-state index in [1.54, 1.807) is 6.92 Å². The molecule has 0 spiro atoms. The Kier molecular flexibility index (Phi) is 3.85. The third-order valence-electron chi connectivity index (χ3n) is 3.40. The van der Waals surface area contributed by atoms with Crippen molar-refractivity contribution in [2.24, 2.45) is 0 Å². The Morgan fingerprint density at radius 1 is 1.50 bits per heavy atom. The quantitative estimate of drug-likeness (QED) is 0.733. The SMILES string of the molecule is CCC1(O)CN(S(=O)(=O)c2cnn(CCC(=O)O)c2)C1. The van der Waals surface area contributed by atoms with E-state index in [2.05, 4.69) is 5.10 Å². The van der Waals surface area contributed by atoms with Gasteiger partial charge in [-0.15, -0.1) is 0 Å². The first kappa shape index (κ1) is 14.9. The van der Waals surface area contributed by atoms with E-state index in [9.17, 15) is 18.3 Å². The van der Waals surface area contributed by atoms with Crippen molar-refractivity contribution in [2.75, 3.05) is 13.1 Å². The van der Waals surface area contributed by atoms with Gasteiger partial charge in [-0.05, 0) is 6.42 Å². The molecular formula is C11H17N3O5S. The van der Waals surface area contributed by atoms with Gasteiger partial charge in [0.15, 0.2) is 0 Å². The van der Waals surface area contributed by atoms with Crippen LogP contribution in [-0.4, -0.2) is 57.4 Å². The molecular weight excluding hydrogens is 286 g/mol. The van der Waals surface area contributed by atoms with Gasteiger partial charge in [0.05, 0.1) is 24.8 Å². The van der Waals surface area contributed by atoms with Crippen LogP contribution in [0, 0.1) is 0 Å². The summed E-state index contributed by atoms with van der Waals surface area (Å²) in [7, 11) is -3.66. The number of sulfonamides is 1. The zero-order chi connectivity index (χ0) is 15.0. The fraction of sp³-hybridized carbons (Fsp3) is 0.636. The number of aryl methyl sites for hydroxylation is 1. The van der Waals surface area contributed by atoms with Gasteiger partial charge in [0, 0.05) is 19.3 Å². The number of hydrogen-bond acceptors (Lipinski definition) is 5. The highest BCUT2D eigenvalue weighted by Gasteiger charge is 2.46.